The lowest BCUT2D eigenvalue weighted by molar-refractivity contribution is 0.0760. The Morgan fingerprint density at radius 2 is 2.04 bits per heavy atom. The van der Waals surface area contributed by atoms with Crippen molar-refractivity contribution in [1.82, 2.24) is 24.5 Å². The molecule has 0 N–H and O–H groups in total. The van der Waals surface area contributed by atoms with Gasteiger partial charge in [-0.15, -0.1) is 0 Å². The zero-order valence-corrected chi connectivity index (χ0v) is 16.6. The molecule has 0 spiro atoms. The van der Waals surface area contributed by atoms with Crippen LogP contribution in [0.15, 0.2) is 10.6 Å². The lowest BCUT2D eigenvalue weighted by Gasteiger charge is -2.21. The van der Waals surface area contributed by atoms with E-state index in [1.54, 1.807) is 0 Å². The molecule has 27 heavy (non-hydrogen) atoms. The molecule has 1 saturated heterocycles. The SMILES string of the molecule is CCn1c(C)cc(C(=O)N2CCCN(Cc3noc(C4CC4)n3)CC2)c1C. The highest BCUT2D eigenvalue weighted by Crippen LogP contribution is 2.38. The maximum atomic E-state index is 13.1. The molecular formula is C20H29N5O2. The predicted molar refractivity (Wildman–Crippen MR) is 102 cm³/mol. The molecule has 0 radical (unpaired) electrons. The van der Waals surface area contributed by atoms with Gasteiger partial charge in [0, 0.05) is 50.0 Å². The van der Waals surface area contributed by atoms with E-state index in [1.807, 2.05) is 17.9 Å². The number of rotatable bonds is 5. The second kappa shape index (κ2) is 7.46. The summed E-state index contributed by atoms with van der Waals surface area (Å²) >= 11 is 0. The van der Waals surface area contributed by atoms with E-state index < -0.39 is 0 Å². The van der Waals surface area contributed by atoms with Crippen LogP contribution in [0, 0.1) is 13.8 Å². The van der Waals surface area contributed by atoms with Crippen LogP contribution in [-0.2, 0) is 13.1 Å². The summed E-state index contributed by atoms with van der Waals surface area (Å²) in [6.45, 7) is 11.1. The quantitative estimate of drug-likeness (QED) is 0.808. The second-order valence-corrected chi connectivity index (χ2v) is 7.77. The normalized spacial score (nSPS) is 18.7. The van der Waals surface area contributed by atoms with Gasteiger partial charge < -0.3 is 14.0 Å². The molecule has 3 heterocycles. The molecule has 1 amide bonds. The topological polar surface area (TPSA) is 67.4 Å². The summed E-state index contributed by atoms with van der Waals surface area (Å²) in [5.74, 6) is 2.21. The maximum absolute atomic E-state index is 13.1. The van der Waals surface area contributed by atoms with E-state index in [9.17, 15) is 4.79 Å². The molecule has 2 aromatic rings. The van der Waals surface area contributed by atoms with Crippen molar-refractivity contribution in [3.05, 3.63) is 34.7 Å². The third kappa shape index (κ3) is 3.78. The van der Waals surface area contributed by atoms with Gasteiger partial charge in [0.2, 0.25) is 5.89 Å². The average Bonchev–Trinajstić information content (AvgIpc) is 3.38. The second-order valence-electron chi connectivity index (χ2n) is 7.77. The summed E-state index contributed by atoms with van der Waals surface area (Å²) in [5.41, 5.74) is 3.06. The van der Waals surface area contributed by atoms with Crippen molar-refractivity contribution in [3.8, 4) is 0 Å². The van der Waals surface area contributed by atoms with Crippen molar-refractivity contribution in [1.29, 1.82) is 0 Å². The van der Waals surface area contributed by atoms with Crippen molar-refractivity contribution in [2.45, 2.75) is 59.0 Å². The van der Waals surface area contributed by atoms with Gasteiger partial charge in [-0.1, -0.05) is 5.16 Å². The van der Waals surface area contributed by atoms with Crippen LogP contribution in [0.25, 0.3) is 0 Å². The summed E-state index contributed by atoms with van der Waals surface area (Å²) in [6, 6.07) is 2.03. The highest BCUT2D eigenvalue weighted by molar-refractivity contribution is 5.95. The minimum Gasteiger partial charge on any atom is -0.349 e. The van der Waals surface area contributed by atoms with Crippen LogP contribution in [0.1, 0.15) is 65.6 Å². The molecule has 7 nitrogen and oxygen atoms in total. The van der Waals surface area contributed by atoms with Gasteiger partial charge in [-0.25, -0.2) is 0 Å². The Morgan fingerprint density at radius 1 is 1.22 bits per heavy atom. The van der Waals surface area contributed by atoms with Crippen LogP contribution < -0.4 is 0 Å². The fourth-order valence-electron chi connectivity index (χ4n) is 4.03. The first-order chi connectivity index (χ1) is 13.1. The molecule has 0 aromatic carbocycles. The zero-order chi connectivity index (χ0) is 19.0. The molecule has 146 valence electrons. The van der Waals surface area contributed by atoms with Gasteiger partial charge in [-0.05, 0) is 46.1 Å². The van der Waals surface area contributed by atoms with Gasteiger partial charge in [-0.2, -0.15) is 4.98 Å². The van der Waals surface area contributed by atoms with Gasteiger partial charge in [-0.3, -0.25) is 9.69 Å². The van der Waals surface area contributed by atoms with E-state index in [4.69, 9.17) is 4.52 Å². The number of hydrogen-bond donors (Lipinski definition) is 0. The predicted octanol–water partition coefficient (Wildman–Crippen LogP) is 2.73. The summed E-state index contributed by atoms with van der Waals surface area (Å²) in [5, 5.41) is 4.13. The number of aryl methyl sites for hydroxylation is 1. The van der Waals surface area contributed by atoms with E-state index >= 15 is 0 Å². The molecule has 0 bridgehead atoms. The molecule has 0 unspecified atom stereocenters. The molecule has 1 saturated carbocycles. The third-order valence-electron chi connectivity index (χ3n) is 5.77. The zero-order valence-electron chi connectivity index (χ0n) is 16.6. The Balaban J connectivity index is 1.38. The van der Waals surface area contributed by atoms with Gasteiger partial charge in [0.1, 0.15) is 0 Å². The smallest absolute Gasteiger partial charge is 0.255 e. The molecule has 1 aliphatic carbocycles. The molecule has 1 aliphatic heterocycles. The van der Waals surface area contributed by atoms with Crippen LogP contribution in [0.5, 0.6) is 0 Å². The average molecular weight is 371 g/mol. The minimum absolute atomic E-state index is 0.153. The molecule has 0 atom stereocenters. The lowest BCUT2D eigenvalue weighted by atomic mass is 10.2. The summed E-state index contributed by atoms with van der Waals surface area (Å²) in [7, 11) is 0. The number of nitrogens with zero attached hydrogens (tertiary/aromatic N) is 5. The Bertz CT molecular complexity index is 820. The minimum atomic E-state index is 0.153. The molecule has 2 aliphatic rings. The third-order valence-corrected chi connectivity index (χ3v) is 5.77. The van der Waals surface area contributed by atoms with Crippen molar-refractivity contribution in [3.63, 3.8) is 0 Å². The standard InChI is InChI=1S/C20H29N5O2/c1-4-25-14(2)12-17(15(25)3)20(26)24-9-5-8-23(10-11-24)13-18-21-19(27-22-18)16-6-7-16/h12,16H,4-11,13H2,1-3H3. The Labute approximate surface area is 160 Å². The van der Waals surface area contributed by atoms with E-state index in [2.05, 4.69) is 33.5 Å². The molecule has 2 aromatic heterocycles. The monoisotopic (exact) mass is 371 g/mol. The highest BCUT2D eigenvalue weighted by atomic mass is 16.5. The number of carbonyl (C=O) groups excluding carboxylic acids is 1. The highest BCUT2D eigenvalue weighted by Gasteiger charge is 2.30. The first kappa shape index (κ1) is 18.2. The number of amides is 1. The van der Waals surface area contributed by atoms with Gasteiger partial charge in [0.15, 0.2) is 5.82 Å². The summed E-state index contributed by atoms with van der Waals surface area (Å²) < 4.78 is 7.56. The Morgan fingerprint density at radius 3 is 2.74 bits per heavy atom. The van der Waals surface area contributed by atoms with Gasteiger partial charge >= 0.3 is 0 Å². The number of carbonyl (C=O) groups is 1. The van der Waals surface area contributed by atoms with E-state index in [0.29, 0.717) is 12.5 Å². The summed E-state index contributed by atoms with van der Waals surface area (Å²) in [4.78, 5) is 21.9. The first-order valence-corrected chi connectivity index (χ1v) is 10.1. The van der Waals surface area contributed by atoms with Crippen molar-refractivity contribution in [2.24, 2.45) is 0 Å². The summed E-state index contributed by atoms with van der Waals surface area (Å²) in [6.07, 6.45) is 3.30. The lowest BCUT2D eigenvalue weighted by Crippen LogP contribution is -2.35. The molecule has 2 fully saturated rings. The van der Waals surface area contributed by atoms with E-state index in [0.717, 1.165) is 67.8 Å². The Hall–Kier alpha value is -2.15. The van der Waals surface area contributed by atoms with Gasteiger partial charge in [0.25, 0.3) is 5.91 Å². The van der Waals surface area contributed by atoms with Crippen molar-refractivity contribution < 1.29 is 9.32 Å². The van der Waals surface area contributed by atoms with Gasteiger partial charge in [0.05, 0.1) is 12.1 Å². The maximum Gasteiger partial charge on any atom is 0.255 e. The van der Waals surface area contributed by atoms with Crippen molar-refractivity contribution >= 4 is 5.91 Å². The molecule has 4 rings (SSSR count). The number of aromatic nitrogens is 3. The number of hydrogen-bond acceptors (Lipinski definition) is 5. The first-order valence-electron chi connectivity index (χ1n) is 10.1. The van der Waals surface area contributed by atoms with Crippen LogP contribution >= 0.6 is 0 Å². The fourth-order valence-corrected chi connectivity index (χ4v) is 4.03. The largest absolute Gasteiger partial charge is 0.349 e. The van der Waals surface area contributed by atoms with E-state index in [1.165, 1.54) is 12.8 Å². The molecular weight excluding hydrogens is 342 g/mol. The fraction of sp³-hybridized carbons (Fsp3) is 0.650. The van der Waals surface area contributed by atoms with Crippen LogP contribution in [0.3, 0.4) is 0 Å². The Kier molecular flexibility index (Phi) is 5.04. The van der Waals surface area contributed by atoms with Crippen molar-refractivity contribution in [2.75, 3.05) is 26.2 Å². The molecule has 7 heteroatoms. The van der Waals surface area contributed by atoms with Crippen LogP contribution in [0.2, 0.25) is 0 Å². The van der Waals surface area contributed by atoms with Crippen LogP contribution in [-0.4, -0.2) is 56.6 Å². The van der Waals surface area contributed by atoms with E-state index in [-0.39, 0.29) is 5.91 Å². The van der Waals surface area contributed by atoms with Crippen LogP contribution in [0.4, 0.5) is 0 Å².